The number of carbonyl (C=O) groups excluding carboxylic acids is 2. The molecule has 0 aliphatic carbocycles. The number of benzene rings is 3. The van der Waals surface area contributed by atoms with Gasteiger partial charge in [0.2, 0.25) is 0 Å². The summed E-state index contributed by atoms with van der Waals surface area (Å²) < 4.78 is 8.84. The van der Waals surface area contributed by atoms with Crippen LogP contribution < -0.4 is 21.0 Å². The van der Waals surface area contributed by atoms with E-state index in [9.17, 15) is 14.4 Å². The van der Waals surface area contributed by atoms with E-state index in [1.54, 1.807) is 67.2 Å². The summed E-state index contributed by atoms with van der Waals surface area (Å²) in [4.78, 5) is 37.5. The maximum Gasteiger partial charge on any atom is 0.329 e. The number of rotatable bonds is 7. The Hall–Kier alpha value is -4.92. The molecule has 9 heteroatoms. The predicted octanol–water partition coefficient (Wildman–Crippen LogP) is 3.46. The van der Waals surface area contributed by atoms with Crippen molar-refractivity contribution in [2.45, 2.75) is 20.5 Å². The SMILES string of the molecule is Cc1ccccc1COc1ccc(C=NNC(=O)C(=O)Nc2c(C)n(C)n(-c3ccccc3)c2=O)cc1. The second kappa shape index (κ2) is 11.2. The molecule has 0 atom stereocenters. The van der Waals surface area contributed by atoms with Gasteiger partial charge in [-0.1, -0.05) is 42.5 Å². The molecule has 0 saturated heterocycles. The van der Waals surface area contributed by atoms with E-state index in [-0.39, 0.29) is 5.69 Å². The molecule has 1 aromatic heterocycles. The van der Waals surface area contributed by atoms with Gasteiger partial charge in [-0.25, -0.2) is 10.1 Å². The monoisotopic (exact) mass is 497 g/mol. The van der Waals surface area contributed by atoms with Crippen molar-refractivity contribution < 1.29 is 14.3 Å². The molecule has 0 unspecified atom stereocenters. The highest BCUT2D eigenvalue weighted by Gasteiger charge is 2.21. The summed E-state index contributed by atoms with van der Waals surface area (Å²) >= 11 is 0. The van der Waals surface area contributed by atoms with Crippen LogP contribution in [-0.2, 0) is 23.2 Å². The second-order valence-corrected chi connectivity index (χ2v) is 8.37. The fourth-order valence-electron chi connectivity index (χ4n) is 3.68. The lowest BCUT2D eigenvalue weighted by atomic mass is 10.1. The van der Waals surface area contributed by atoms with Crippen LogP contribution in [0.2, 0.25) is 0 Å². The first-order valence-electron chi connectivity index (χ1n) is 11.6. The standard InChI is InChI=1S/C28H27N5O4/c1-19-9-7-8-10-22(19)18-37-24-15-13-21(14-16-24)17-29-31-27(35)26(34)30-25-20(2)32(3)33(28(25)36)23-11-5-4-6-12-23/h4-17H,18H2,1-3H3,(H,30,34)(H,31,35). The minimum atomic E-state index is -0.997. The minimum absolute atomic E-state index is 0.0248. The Morgan fingerprint density at radius 1 is 0.919 bits per heavy atom. The van der Waals surface area contributed by atoms with Gasteiger partial charge in [-0.3, -0.25) is 19.1 Å². The quantitative estimate of drug-likeness (QED) is 0.232. The van der Waals surface area contributed by atoms with Gasteiger partial charge < -0.3 is 10.1 Å². The molecule has 0 spiro atoms. The van der Waals surface area contributed by atoms with E-state index in [1.165, 1.54) is 10.9 Å². The number of amides is 2. The Morgan fingerprint density at radius 3 is 2.30 bits per heavy atom. The summed E-state index contributed by atoms with van der Waals surface area (Å²) in [6.45, 7) is 4.18. The van der Waals surface area contributed by atoms with Gasteiger partial charge in [0, 0.05) is 7.05 Å². The van der Waals surface area contributed by atoms with Crippen LogP contribution in [0.3, 0.4) is 0 Å². The number of anilines is 1. The van der Waals surface area contributed by atoms with Crippen LogP contribution in [0.15, 0.2) is 88.8 Å². The van der Waals surface area contributed by atoms with Crippen LogP contribution in [0, 0.1) is 13.8 Å². The first-order valence-corrected chi connectivity index (χ1v) is 11.6. The van der Waals surface area contributed by atoms with Gasteiger partial charge in [0.25, 0.3) is 5.56 Å². The Kier molecular flexibility index (Phi) is 7.63. The van der Waals surface area contributed by atoms with E-state index in [1.807, 2.05) is 37.3 Å². The van der Waals surface area contributed by atoms with Gasteiger partial charge in [-0.05, 0) is 66.9 Å². The highest BCUT2D eigenvalue weighted by Crippen LogP contribution is 2.16. The molecule has 0 fully saturated rings. The zero-order valence-corrected chi connectivity index (χ0v) is 20.8. The summed E-state index contributed by atoms with van der Waals surface area (Å²) in [7, 11) is 1.70. The van der Waals surface area contributed by atoms with E-state index < -0.39 is 17.4 Å². The predicted molar refractivity (Wildman–Crippen MR) is 142 cm³/mol. The first kappa shape index (κ1) is 25.2. The number of aryl methyl sites for hydroxylation is 1. The third kappa shape index (κ3) is 5.84. The first-order chi connectivity index (χ1) is 17.8. The van der Waals surface area contributed by atoms with Gasteiger partial charge in [0.1, 0.15) is 18.0 Å². The fourth-order valence-corrected chi connectivity index (χ4v) is 3.68. The third-order valence-electron chi connectivity index (χ3n) is 5.91. The summed E-state index contributed by atoms with van der Waals surface area (Å²) in [6.07, 6.45) is 1.41. The van der Waals surface area contributed by atoms with Crippen molar-refractivity contribution in [3.8, 4) is 11.4 Å². The maximum absolute atomic E-state index is 12.9. The largest absolute Gasteiger partial charge is 0.489 e. The molecule has 2 N–H and O–H groups in total. The lowest BCUT2D eigenvalue weighted by Gasteiger charge is -2.08. The minimum Gasteiger partial charge on any atom is -0.489 e. The number of ether oxygens (including phenoxy) is 1. The van der Waals surface area contributed by atoms with Crippen molar-refractivity contribution in [2.24, 2.45) is 12.1 Å². The maximum atomic E-state index is 12.9. The fraction of sp³-hybridized carbons (Fsp3) is 0.143. The van der Waals surface area contributed by atoms with Crippen LogP contribution in [0.4, 0.5) is 5.69 Å². The number of para-hydroxylation sites is 1. The lowest BCUT2D eigenvalue weighted by molar-refractivity contribution is -0.136. The molecule has 0 saturated carbocycles. The lowest BCUT2D eigenvalue weighted by Crippen LogP contribution is -2.34. The van der Waals surface area contributed by atoms with Gasteiger partial charge >= 0.3 is 11.8 Å². The van der Waals surface area contributed by atoms with E-state index in [0.29, 0.717) is 29.3 Å². The molecule has 4 rings (SSSR count). The molecule has 37 heavy (non-hydrogen) atoms. The molecular formula is C28H27N5O4. The van der Waals surface area contributed by atoms with Crippen molar-refractivity contribution in [1.82, 2.24) is 14.8 Å². The summed E-state index contributed by atoms with van der Waals surface area (Å²) in [5.41, 5.74) is 5.88. The number of hydrogen-bond acceptors (Lipinski definition) is 5. The Labute approximate surface area is 214 Å². The topological polar surface area (TPSA) is 107 Å². The zero-order valence-electron chi connectivity index (χ0n) is 20.8. The van der Waals surface area contributed by atoms with E-state index in [2.05, 4.69) is 15.8 Å². The molecule has 0 aliphatic heterocycles. The average Bonchev–Trinajstić information content (AvgIpc) is 3.12. The van der Waals surface area contributed by atoms with Crippen molar-refractivity contribution >= 4 is 23.7 Å². The van der Waals surface area contributed by atoms with E-state index in [0.717, 1.165) is 11.1 Å². The number of aromatic nitrogens is 2. The molecule has 2 amide bonds. The van der Waals surface area contributed by atoms with Gasteiger partial charge in [-0.2, -0.15) is 5.10 Å². The molecule has 0 radical (unpaired) electrons. The number of nitrogens with one attached hydrogen (secondary N) is 2. The van der Waals surface area contributed by atoms with Crippen LogP contribution in [0.5, 0.6) is 5.75 Å². The number of nitrogens with zero attached hydrogens (tertiary/aromatic N) is 3. The summed E-state index contributed by atoms with van der Waals surface area (Å²) in [5.74, 6) is -1.30. The zero-order chi connectivity index (χ0) is 26.4. The molecule has 0 bridgehead atoms. The third-order valence-corrected chi connectivity index (χ3v) is 5.91. The molecule has 4 aromatic rings. The summed E-state index contributed by atoms with van der Waals surface area (Å²) in [6, 6.07) is 24.2. The molecule has 9 nitrogen and oxygen atoms in total. The van der Waals surface area contributed by atoms with Crippen LogP contribution in [-0.4, -0.2) is 27.4 Å². The normalized spacial score (nSPS) is 10.9. The smallest absolute Gasteiger partial charge is 0.329 e. The molecule has 0 aliphatic rings. The molecule has 3 aromatic carbocycles. The Bertz CT molecular complexity index is 1500. The average molecular weight is 498 g/mol. The molecule has 1 heterocycles. The molecular weight excluding hydrogens is 470 g/mol. The van der Waals surface area contributed by atoms with Crippen molar-refractivity contribution in [3.05, 3.63) is 112 Å². The number of hydrogen-bond donors (Lipinski definition) is 2. The van der Waals surface area contributed by atoms with Gasteiger partial charge in [0.05, 0.1) is 17.6 Å². The van der Waals surface area contributed by atoms with Crippen LogP contribution >= 0.6 is 0 Å². The van der Waals surface area contributed by atoms with E-state index in [4.69, 9.17) is 4.74 Å². The highest BCUT2D eigenvalue weighted by atomic mass is 16.5. The van der Waals surface area contributed by atoms with Gasteiger partial charge in [-0.15, -0.1) is 0 Å². The van der Waals surface area contributed by atoms with Crippen LogP contribution in [0.25, 0.3) is 5.69 Å². The van der Waals surface area contributed by atoms with Crippen molar-refractivity contribution in [1.29, 1.82) is 0 Å². The highest BCUT2D eigenvalue weighted by molar-refractivity contribution is 6.39. The van der Waals surface area contributed by atoms with E-state index >= 15 is 0 Å². The summed E-state index contributed by atoms with van der Waals surface area (Å²) in [5, 5.41) is 6.24. The van der Waals surface area contributed by atoms with Crippen molar-refractivity contribution in [2.75, 3.05) is 5.32 Å². The second-order valence-electron chi connectivity index (χ2n) is 8.37. The van der Waals surface area contributed by atoms with Gasteiger partial charge in [0.15, 0.2) is 0 Å². The van der Waals surface area contributed by atoms with Crippen molar-refractivity contribution in [3.63, 3.8) is 0 Å². The Morgan fingerprint density at radius 2 is 1.59 bits per heavy atom. The Balaban J connectivity index is 1.33. The number of carbonyl (C=O) groups is 2. The van der Waals surface area contributed by atoms with Crippen LogP contribution in [0.1, 0.15) is 22.4 Å². The number of hydrazone groups is 1. The molecule has 188 valence electrons.